The summed E-state index contributed by atoms with van der Waals surface area (Å²) in [7, 11) is 3.35. The molecule has 2 rings (SSSR count). The van der Waals surface area contributed by atoms with Crippen LogP contribution in [0.4, 0.5) is 0 Å². The van der Waals surface area contributed by atoms with Crippen molar-refractivity contribution in [2.75, 3.05) is 14.2 Å². The number of rotatable bonds is 6. The van der Waals surface area contributed by atoms with Crippen molar-refractivity contribution in [3.63, 3.8) is 0 Å². The Bertz CT molecular complexity index is 755. The van der Waals surface area contributed by atoms with Gasteiger partial charge in [0.05, 0.1) is 13.3 Å². The Balaban J connectivity index is 2.07. The number of hydrazone groups is 1. The zero-order valence-electron chi connectivity index (χ0n) is 14.9. The molecule has 0 bridgehead atoms. The van der Waals surface area contributed by atoms with E-state index in [0.29, 0.717) is 23.2 Å². The second-order valence-corrected chi connectivity index (χ2v) is 6.05. The zero-order valence-corrected chi connectivity index (χ0v) is 15.7. The van der Waals surface area contributed by atoms with E-state index in [4.69, 9.17) is 21.7 Å². The van der Waals surface area contributed by atoms with Gasteiger partial charge in [0.2, 0.25) is 0 Å². The standard InChI is InChI=1S/C19H23N3O2S/c1-13-7-14(2)9-16(8-13)12-24-17-6-5-15(10-18(17)23-4)11-21-22-19(25)20-3/h5-11H,12H2,1-4H3,(H2,20,22,25)/b21-11-. The van der Waals surface area contributed by atoms with Crippen molar-refractivity contribution < 1.29 is 9.47 Å². The Kier molecular flexibility index (Phi) is 6.77. The summed E-state index contributed by atoms with van der Waals surface area (Å²) in [4.78, 5) is 0. The summed E-state index contributed by atoms with van der Waals surface area (Å²) in [6.45, 7) is 4.66. The molecule has 5 nitrogen and oxygen atoms in total. The molecule has 0 aliphatic carbocycles. The maximum atomic E-state index is 5.92. The number of benzene rings is 2. The third-order valence-corrected chi connectivity index (χ3v) is 3.77. The second-order valence-electron chi connectivity index (χ2n) is 5.64. The molecule has 0 saturated heterocycles. The number of hydrogen-bond donors (Lipinski definition) is 2. The number of nitrogens with zero attached hydrogens (tertiary/aromatic N) is 1. The minimum Gasteiger partial charge on any atom is -0.493 e. The molecule has 25 heavy (non-hydrogen) atoms. The highest BCUT2D eigenvalue weighted by molar-refractivity contribution is 7.80. The van der Waals surface area contributed by atoms with Gasteiger partial charge in [-0.1, -0.05) is 29.3 Å². The normalized spacial score (nSPS) is 10.6. The van der Waals surface area contributed by atoms with E-state index in [-0.39, 0.29) is 0 Å². The molecular weight excluding hydrogens is 334 g/mol. The van der Waals surface area contributed by atoms with Gasteiger partial charge in [-0.2, -0.15) is 5.10 Å². The third kappa shape index (κ3) is 5.76. The first-order valence-electron chi connectivity index (χ1n) is 7.90. The maximum absolute atomic E-state index is 5.92. The predicted molar refractivity (Wildman–Crippen MR) is 106 cm³/mol. The van der Waals surface area contributed by atoms with Crippen molar-refractivity contribution in [1.82, 2.24) is 10.7 Å². The van der Waals surface area contributed by atoms with Gasteiger partial charge in [0.25, 0.3) is 0 Å². The lowest BCUT2D eigenvalue weighted by Gasteiger charge is -2.12. The first kappa shape index (κ1) is 18.7. The SMILES string of the molecule is CNC(=S)N/N=C\c1ccc(OCc2cc(C)cc(C)c2)c(OC)c1. The van der Waals surface area contributed by atoms with Crippen LogP contribution in [-0.2, 0) is 6.61 Å². The minimum atomic E-state index is 0.455. The first-order chi connectivity index (χ1) is 12.0. The molecule has 6 heteroatoms. The molecule has 0 radical (unpaired) electrons. The molecule has 0 aliphatic heterocycles. The summed E-state index contributed by atoms with van der Waals surface area (Å²) in [5.41, 5.74) is 7.17. The van der Waals surface area contributed by atoms with E-state index in [9.17, 15) is 0 Å². The molecule has 0 heterocycles. The van der Waals surface area contributed by atoms with Crippen LogP contribution in [0.1, 0.15) is 22.3 Å². The fraction of sp³-hybridized carbons (Fsp3) is 0.263. The molecule has 0 aliphatic rings. The highest BCUT2D eigenvalue weighted by atomic mass is 32.1. The number of nitrogens with one attached hydrogen (secondary N) is 2. The largest absolute Gasteiger partial charge is 0.493 e. The van der Waals surface area contributed by atoms with Crippen molar-refractivity contribution in [2.24, 2.45) is 5.10 Å². The van der Waals surface area contributed by atoms with Gasteiger partial charge in [-0.15, -0.1) is 0 Å². The van der Waals surface area contributed by atoms with Crippen LogP contribution >= 0.6 is 12.2 Å². The van der Waals surface area contributed by atoms with Gasteiger partial charge in [-0.05, 0) is 55.4 Å². The summed E-state index contributed by atoms with van der Waals surface area (Å²) >= 11 is 4.96. The second kappa shape index (κ2) is 9.03. The van der Waals surface area contributed by atoms with Crippen LogP contribution in [0, 0.1) is 13.8 Å². The maximum Gasteiger partial charge on any atom is 0.186 e. The molecule has 132 valence electrons. The highest BCUT2D eigenvalue weighted by Crippen LogP contribution is 2.28. The van der Waals surface area contributed by atoms with E-state index in [1.54, 1.807) is 20.4 Å². The van der Waals surface area contributed by atoms with E-state index in [1.807, 2.05) is 18.2 Å². The van der Waals surface area contributed by atoms with Crippen molar-refractivity contribution >= 4 is 23.5 Å². The Morgan fingerprint density at radius 2 is 1.84 bits per heavy atom. The predicted octanol–water partition coefficient (Wildman–Crippen LogP) is 3.32. The van der Waals surface area contributed by atoms with Crippen LogP contribution < -0.4 is 20.2 Å². The highest BCUT2D eigenvalue weighted by Gasteiger charge is 2.06. The fourth-order valence-corrected chi connectivity index (χ4v) is 2.47. The number of ether oxygens (including phenoxy) is 2. The Hall–Kier alpha value is -2.60. The first-order valence-corrected chi connectivity index (χ1v) is 8.31. The molecule has 0 spiro atoms. The third-order valence-electron chi connectivity index (χ3n) is 3.47. The van der Waals surface area contributed by atoms with Crippen LogP contribution in [0.15, 0.2) is 41.5 Å². The Morgan fingerprint density at radius 1 is 1.12 bits per heavy atom. The lowest BCUT2D eigenvalue weighted by Crippen LogP contribution is -2.28. The average Bonchev–Trinajstić information content (AvgIpc) is 2.59. The smallest absolute Gasteiger partial charge is 0.186 e. The molecule has 2 aromatic carbocycles. The molecule has 0 atom stereocenters. The van der Waals surface area contributed by atoms with Crippen molar-refractivity contribution in [1.29, 1.82) is 0 Å². The van der Waals surface area contributed by atoms with Crippen LogP contribution in [0.5, 0.6) is 11.5 Å². The van der Waals surface area contributed by atoms with Crippen LogP contribution in [-0.4, -0.2) is 25.5 Å². The van der Waals surface area contributed by atoms with E-state index in [1.165, 1.54) is 11.1 Å². The van der Waals surface area contributed by atoms with Gasteiger partial charge in [-0.25, -0.2) is 0 Å². The fourth-order valence-electron chi connectivity index (χ4n) is 2.42. The molecule has 2 aromatic rings. The molecule has 0 saturated carbocycles. The van der Waals surface area contributed by atoms with E-state index in [2.05, 4.69) is 47.9 Å². The van der Waals surface area contributed by atoms with Crippen LogP contribution in [0.25, 0.3) is 0 Å². The summed E-state index contributed by atoms with van der Waals surface area (Å²) in [6, 6.07) is 12.0. The van der Waals surface area contributed by atoms with Crippen molar-refractivity contribution in [2.45, 2.75) is 20.5 Å². The summed E-state index contributed by atoms with van der Waals surface area (Å²) in [5.74, 6) is 1.35. The number of aryl methyl sites for hydroxylation is 2. The minimum absolute atomic E-state index is 0.455. The lowest BCUT2D eigenvalue weighted by atomic mass is 10.1. The summed E-state index contributed by atoms with van der Waals surface area (Å²) in [5, 5.41) is 7.30. The van der Waals surface area contributed by atoms with Crippen molar-refractivity contribution in [3.8, 4) is 11.5 Å². The number of methoxy groups -OCH3 is 1. The Morgan fingerprint density at radius 3 is 2.48 bits per heavy atom. The quantitative estimate of drug-likeness (QED) is 0.472. The van der Waals surface area contributed by atoms with E-state index < -0.39 is 0 Å². The molecule has 0 fully saturated rings. The topological polar surface area (TPSA) is 54.9 Å². The van der Waals surface area contributed by atoms with Gasteiger partial charge in [-0.3, -0.25) is 5.43 Å². The van der Waals surface area contributed by atoms with Gasteiger partial charge < -0.3 is 14.8 Å². The molecular formula is C19H23N3O2S. The van der Waals surface area contributed by atoms with Crippen LogP contribution in [0.3, 0.4) is 0 Å². The van der Waals surface area contributed by atoms with Gasteiger partial charge in [0, 0.05) is 7.05 Å². The zero-order chi connectivity index (χ0) is 18.2. The van der Waals surface area contributed by atoms with Gasteiger partial charge in [0.1, 0.15) is 6.61 Å². The van der Waals surface area contributed by atoms with Gasteiger partial charge in [0.15, 0.2) is 16.6 Å². The van der Waals surface area contributed by atoms with E-state index >= 15 is 0 Å². The molecule has 0 unspecified atom stereocenters. The van der Waals surface area contributed by atoms with Crippen LogP contribution in [0.2, 0.25) is 0 Å². The lowest BCUT2D eigenvalue weighted by molar-refractivity contribution is 0.284. The molecule has 0 amide bonds. The monoisotopic (exact) mass is 357 g/mol. The average molecular weight is 357 g/mol. The van der Waals surface area contributed by atoms with Crippen molar-refractivity contribution in [3.05, 3.63) is 58.7 Å². The summed E-state index contributed by atoms with van der Waals surface area (Å²) in [6.07, 6.45) is 1.67. The molecule has 0 aromatic heterocycles. The Labute approximate surface area is 154 Å². The summed E-state index contributed by atoms with van der Waals surface area (Å²) < 4.78 is 11.3. The van der Waals surface area contributed by atoms with E-state index in [0.717, 1.165) is 11.1 Å². The molecule has 2 N–H and O–H groups in total. The number of hydrogen-bond acceptors (Lipinski definition) is 4. The van der Waals surface area contributed by atoms with Gasteiger partial charge >= 0.3 is 0 Å². The number of thiocarbonyl (C=S) groups is 1.